The molecule has 0 bridgehead atoms. The number of guanidine groups is 1. The lowest BCUT2D eigenvalue weighted by Gasteiger charge is -2.12. The number of pyridine rings is 1. The molecule has 1 heterocycles. The van der Waals surface area contributed by atoms with Gasteiger partial charge in [0.1, 0.15) is 0 Å². The Morgan fingerprint density at radius 1 is 1.04 bits per heavy atom. The van der Waals surface area contributed by atoms with Crippen molar-refractivity contribution in [3.05, 3.63) is 66.0 Å². The largest absolute Gasteiger partial charge is 0.356 e. The number of hydrogen-bond acceptors (Lipinski definition) is 4. The number of hydrogen-bond donors (Lipinski definition) is 2. The highest BCUT2D eigenvalue weighted by atomic mass is 127. The lowest BCUT2D eigenvalue weighted by atomic mass is 10.2. The van der Waals surface area contributed by atoms with Crippen LogP contribution in [0.3, 0.4) is 0 Å². The molecule has 0 atom stereocenters. The van der Waals surface area contributed by atoms with Gasteiger partial charge in [-0.1, -0.05) is 36.4 Å². The van der Waals surface area contributed by atoms with Gasteiger partial charge in [-0.25, -0.2) is 8.42 Å². The maximum absolute atomic E-state index is 12.2. The SMILES string of the molecule is CN=C(NCCCS(=O)(=O)Cc1ccccc1)NCCc1ccccn1.I. The average Bonchev–Trinajstić information content (AvgIpc) is 2.65. The molecule has 0 radical (unpaired) electrons. The highest BCUT2D eigenvalue weighted by Gasteiger charge is 2.11. The zero-order chi connectivity index (χ0) is 18.7. The predicted molar refractivity (Wildman–Crippen MR) is 121 cm³/mol. The molecule has 27 heavy (non-hydrogen) atoms. The van der Waals surface area contributed by atoms with Crippen molar-refractivity contribution < 1.29 is 8.42 Å². The molecule has 2 aromatic rings. The van der Waals surface area contributed by atoms with Crippen molar-refractivity contribution >= 4 is 39.8 Å². The molecule has 0 saturated carbocycles. The molecule has 0 spiro atoms. The van der Waals surface area contributed by atoms with Crippen LogP contribution >= 0.6 is 24.0 Å². The Bertz CT molecular complexity index is 784. The van der Waals surface area contributed by atoms with Gasteiger partial charge in [0, 0.05) is 38.4 Å². The molecule has 0 aliphatic carbocycles. The van der Waals surface area contributed by atoms with Gasteiger partial charge < -0.3 is 10.6 Å². The summed E-state index contributed by atoms with van der Waals surface area (Å²) in [5.41, 5.74) is 1.84. The number of nitrogens with one attached hydrogen (secondary N) is 2. The maximum Gasteiger partial charge on any atom is 0.190 e. The molecule has 0 amide bonds. The number of rotatable bonds is 9. The van der Waals surface area contributed by atoms with Crippen LogP contribution in [0, 0.1) is 0 Å². The Kier molecular flexibility index (Phi) is 11.0. The van der Waals surface area contributed by atoms with Crippen molar-refractivity contribution in [1.82, 2.24) is 15.6 Å². The highest BCUT2D eigenvalue weighted by Crippen LogP contribution is 2.06. The molecule has 0 saturated heterocycles. The molecule has 148 valence electrons. The van der Waals surface area contributed by atoms with Crippen molar-refractivity contribution in [1.29, 1.82) is 0 Å². The van der Waals surface area contributed by atoms with E-state index in [1.165, 1.54) is 0 Å². The molecule has 2 N–H and O–H groups in total. The summed E-state index contributed by atoms with van der Waals surface area (Å²) in [5.74, 6) is 0.909. The van der Waals surface area contributed by atoms with Crippen molar-refractivity contribution in [2.45, 2.75) is 18.6 Å². The second-order valence-electron chi connectivity index (χ2n) is 5.93. The van der Waals surface area contributed by atoms with Crippen LogP contribution in [0.15, 0.2) is 59.7 Å². The Hall–Kier alpha value is -1.68. The fourth-order valence-electron chi connectivity index (χ4n) is 2.47. The molecule has 0 unspecified atom stereocenters. The summed E-state index contributed by atoms with van der Waals surface area (Å²) in [5, 5.41) is 6.35. The zero-order valence-corrected chi connectivity index (χ0v) is 18.6. The predicted octanol–water partition coefficient (Wildman–Crippen LogP) is 2.41. The van der Waals surface area contributed by atoms with Crippen LogP contribution in [0.5, 0.6) is 0 Å². The summed E-state index contributed by atoms with van der Waals surface area (Å²) in [6.07, 6.45) is 3.11. The monoisotopic (exact) mass is 502 g/mol. The van der Waals surface area contributed by atoms with Crippen molar-refractivity contribution in [3.63, 3.8) is 0 Å². The normalized spacial score (nSPS) is 11.5. The van der Waals surface area contributed by atoms with E-state index >= 15 is 0 Å². The number of aliphatic imine (C=N–C) groups is 1. The number of benzene rings is 1. The molecule has 0 aliphatic heterocycles. The van der Waals surface area contributed by atoms with Gasteiger partial charge in [0.15, 0.2) is 15.8 Å². The fourth-order valence-corrected chi connectivity index (χ4v) is 3.90. The van der Waals surface area contributed by atoms with E-state index in [-0.39, 0.29) is 35.5 Å². The van der Waals surface area contributed by atoms with Gasteiger partial charge in [-0.3, -0.25) is 9.98 Å². The second-order valence-corrected chi connectivity index (χ2v) is 8.11. The average molecular weight is 502 g/mol. The summed E-state index contributed by atoms with van der Waals surface area (Å²) in [6, 6.07) is 15.1. The first-order valence-electron chi connectivity index (χ1n) is 8.68. The topological polar surface area (TPSA) is 83.5 Å². The number of aromatic nitrogens is 1. The smallest absolute Gasteiger partial charge is 0.190 e. The van der Waals surface area contributed by atoms with Crippen LogP contribution in [-0.2, 0) is 22.0 Å². The number of sulfone groups is 1. The van der Waals surface area contributed by atoms with Gasteiger partial charge >= 0.3 is 0 Å². The molecule has 0 aliphatic rings. The second kappa shape index (κ2) is 12.7. The van der Waals surface area contributed by atoms with Gasteiger partial charge in [-0.05, 0) is 24.1 Å². The molecule has 0 fully saturated rings. The first-order chi connectivity index (χ1) is 12.6. The Balaban J connectivity index is 0.00000364. The van der Waals surface area contributed by atoms with E-state index < -0.39 is 9.84 Å². The Morgan fingerprint density at radius 3 is 2.41 bits per heavy atom. The van der Waals surface area contributed by atoms with Crippen LogP contribution in [0.25, 0.3) is 0 Å². The Morgan fingerprint density at radius 2 is 1.74 bits per heavy atom. The minimum atomic E-state index is -3.10. The minimum Gasteiger partial charge on any atom is -0.356 e. The molecule has 1 aromatic carbocycles. The summed E-state index contributed by atoms with van der Waals surface area (Å²) >= 11 is 0. The van der Waals surface area contributed by atoms with Crippen molar-refractivity contribution in [2.24, 2.45) is 4.99 Å². The standard InChI is InChI=1S/C19H26N4O2S.HI/c1-20-19(23-14-11-18-10-5-6-12-21-18)22-13-7-15-26(24,25)16-17-8-3-2-4-9-17;/h2-6,8-10,12H,7,11,13-16H2,1H3,(H2,20,22,23);1H. The number of nitrogens with zero attached hydrogens (tertiary/aromatic N) is 2. The van der Waals surface area contributed by atoms with Gasteiger partial charge in [0.05, 0.1) is 11.5 Å². The summed E-state index contributed by atoms with van der Waals surface area (Å²) in [6.45, 7) is 1.26. The van der Waals surface area contributed by atoms with Gasteiger partial charge in [-0.15, -0.1) is 24.0 Å². The van der Waals surface area contributed by atoms with Crippen molar-refractivity contribution in [3.8, 4) is 0 Å². The van der Waals surface area contributed by atoms with E-state index in [1.807, 2.05) is 48.5 Å². The van der Waals surface area contributed by atoms with Gasteiger partial charge in [-0.2, -0.15) is 0 Å². The van der Waals surface area contributed by atoms with Crippen LogP contribution in [0.4, 0.5) is 0 Å². The zero-order valence-electron chi connectivity index (χ0n) is 15.5. The Labute approximate surface area is 178 Å². The van der Waals surface area contributed by atoms with Crippen molar-refractivity contribution in [2.75, 3.05) is 25.9 Å². The third-order valence-corrected chi connectivity index (χ3v) is 5.46. The fraction of sp³-hybridized carbons (Fsp3) is 0.368. The number of halogens is 1. The van der Waals surface area contributed by atoms with Gasteiger partial charge in [0.2, 0.25) is 0 Å². The van der Waals surface area contributed by atoms with E-state index in [1.54, 1.807) is 13.2 Å². The summed E-state index contributed by atoms with van der Waals surface area (Å²) in [4.78, 5) is 8.42. The maximum atomic E-state index is 12.2. The summed E-state index contributed by atoms with van der Waals surface area (Å²) in [7, 11) is -1.40. The summed E-state index contributed by atoms with van der Waals surface area (Å²) < 4.78 is 24.3. The van der Waals surface area contributed by atoms with E-state index in [2.05, 4.69) is 20.6 Å². The highest BCUT2D eigenvalue weighted by molar-refractivity contribution is 14.0. The molecule has 1 aromatic heterocycles. The van der Waals surface area contributed by atoms with Crippen LogP contribution in [0.1, 0.15) is 17.7 Å². The first-order valence-corrected chi connectivity index (χ1v) is 10.5. The molecule has 2 rings (SSSR count). The van der Waals surface area contributed by atoms with E-state index in [9.17, 15) is 8.42 Å². The third-order valence-electron chi connectivity index (χ3n) is 3.78. The third kappa shape index (κ3) is 9.71. The molecular formula is C19H27IN4O2S. The first kappa shape index (κ1) is 23.4. The lowest BCUT2D eigenvalue weighted by molar-refractivity contribution is 0.591. The van der Waals surface area contributed by atoms with Gasteiger partial charge in [0.25, 0.3) is 0 Å². The van der Waals surface area contributed by atoms with Crippen LogP contribution < -0.4 is 10.6 Å². The van der Waals surface area contributed by atoms with E-state index in [0.29, 0.717) is 25.5 Å². The lowest BCUT2D eigenvalue weighted by Crippen LogP contribution is -2.39. The minimum absolute atomic E-state index is 0. The van der Waals surface area contributed by atoms with E-state index in [0.717, 1.165) is 17.7 Å². The molecular weight excluding hydrogens is 475 g/mol. The molecule has 8 heteroatoms. The van der Waals surface area contributed by atoms with Crippen LogP contribution in [-0.4, -0.2) is 45.3 Å². The molecule has 6 nitrogen and oxygen atoms in total. The van der Waals surface area contributed by atoms with E-state index in [4.69, 9.17) is 0 Å². The van der Waals surface area contributed by atoms with Crippen LogP contribution in [0.2, 0.25) is 0 Å². The quantitative estimate of drug-likeness (QED) is 0.238.